The number of rotatable bonds is 8. The number of thioether (sulfide) groups is 1. The molecule has 0 saturated heterocycles. The van der Waals surface area contributed by atoms with Crippen LogP contribution in [0.4, 0.5) is 18.0 Å². The molecule has 0 unspecified atom stereocenters. The van der Waals surface area contributed by atoms with Crippen LogP contribution in [0.5, 0.6) is 0 Å². The van der Waals surface area contributed by atoms with E-state index in [-0.39, 0.29) is 31.1 Å². The Hall–Kier alpha value is -1.65. The summed E-state index contributed by atoms with van der Waals surface area (Å²) in [6.07, 6.45) is -0.434. The highest BCUT2D eigenvalue weighted by molar-refractivity contribution is 8.00. The number of halogens is 3. The number of urea groups is 1. The lowest BCUT2D eigenvalue weighted by Crippen LogP contribution is -2.46. The van der Waals surface area contributed by atoms with Gasteiger partial charge >= 0.3 is 17.5 Å². The van der Waals surface area contributed by atoms with Crippen molar-refractivity contribution in [2.45, 2.75) is 24.4 Å². The van der Waals surface area contributed by atoms with E-state index in [1.807, 2.05) is 5.32 Å². The number of carboxylic acids is 1. The fourth-order valence-corrected chi connectivity index (χ4v) is 1.52. The molecule has 0 radical (unpaired) electrons. The van der Waals surface area contributed by atoms with Gasteiger partial charge in [-0.15, -0.1) is 0 Å². The van der Waals surface area contributed by atoms with Gasteiger partial charge in [0.15, 0.2) is 0 Å². The maximum Gasteiger partial charge on any atom is 0.441 e. The summed E-state index contributed by atoms with van der Waals surface area (Å²) in [5, 5.41) is 12.9. The van der Waals surface area contributed by atoms with Gasteiger partial charge in [0.05, 0.1) is 0 Å². The topological polar surface area (TPSA) is 122 Å². The van der Waals surface area contributed by atoms with Crippen LogP contribution < -0.4 is 16.4 Å². The summed E-state index contributed by atoms with van der Waals surface area (Å²) in [6, 6.07) is -2.26. The maximum atomic E-state index is 11.8. The summed E-state index contributed by atoms with van der Waals surface area (Å²) in [5.74, 6) is -2.48. The highest BCUT2D eigenvalue weighted by Crippen LogP contribution is 2.29. The molecule has 0 bridgehead atoms. The normalized spacial score (nSPS) is 12.6. The fraction of sp³-hybridized carbons (Fsp3) is 0.667. The van der Waals surface area contributed by atoms with E-state index >= 15 is 0 Å². The first-order chi connectivity index (χ1) is 9.11. The number of nitrogens with one attached hydrogen (secondary N) is 2. The minimum Gasteiger partial charge on any atom is -0.480 e. The van der Waals surface area contributed by atoms with Crippen molar-refractivity contribution < 1.29 is 32.7 Å². The molecule has 5 N–H and O–H groups in total. The van der Waals surface area contributed by atoms with Gasteiger partial charge in [0.1, 0.15) is 6.04 Å². The molecule has 7 nitrogen and oxygen atoms in total. The molecule has 0 heterocycles. The second-order valence-corrected chi connectivity index (χ2v) is 4.75. The second kappa shape index (κ2) is 8.51. The van der Waals surface area contributed by atoms with Crippen LogP contribution in [0.15, 0.2) is 0 Å². The molecule has 0 aliphatic rings. The van der Waals surface area contributed by atoms with Crippen molar-refractivity contribution in [3.8, 4) is 0 Å². The molecule has 0 aromatic heterocycles. The zero-order valence-corrected chi connectivity index (χ0v) is 11.0. The van der Waals surface area contributed by atoms with E-state index < -0.39 is 35.2 Å². The van der Waals surface area contributed by atoms with Gasteiger partial charge in [-0.1, -0.05) is 0 Å². The average Bonchev–Trinajstić information content (AvgIpc) is 2.28. The molecule has 0 rings (SSSR count). The second-order valence-electron chi connectivity index (χ2n) is 3.59. The van der Waals surface area contributed by atoms with Crippen LogP contribution in [0.25, 0.3) is 0 Å². The van der Waals surface area contributed by atoms with Crippen molar-refractivity contribution in [3.63, 3.8) is 0 Å². The molecule has 11 heteroatoms. The number of alkyl halides is 3. The zero-order chi connectivity index (χ0) is 15.8. The number of nitrogens with two attached hydrogens (primary N) is 1. The van der Waals surface area contributed by atoms with Gasteiger partial charge in [0, 0.05) is 18.7 Å². The van der Waals surface area contributed by atoms with Crippen molar-refractivity contribution in [3.05, 3.63) is 0 Å². The van der Waals surface area contributed by atoms with E-state index in [1.54, 1.807) is 0 Å². The van der Waals surface area contributed by atoms with Gasteiger partial charge in [-0.3, -0.25) is 4.79 Å². The zero-order valence-electron chi connectivity index (χ0n) is 10.2. The third kappa shape index (κ3) is 10.3. The number of amides is 3. The summed E-state index contributed by atoms with van der Waals surface area (Å²) in [7, 11) is 0. The standard InChI is InChI=1S/C9H14F3N3O4S/c10-9(11,12)20-4-3-14-8(19)15-5(7(17)18)1-2-6(13)16/h5H,1-4H2,(H2,13,16)(H,17,18)(H2,14,15,19)/t5-/m0/s1. The molecule has 0 aromatic carbocycles. The minimum atomic E-state index is -4.39. The van der Waals surface area contributed by atoms with E-state index in [4.69, 9.17) is 10.8 Å². The molecule has 0 saturated carbocycles. The lowest BCUT2D eigenvalue weighted by atomic mass is 10.1. The predicted octanol–water partition coefficient (Wildman–Crippen LogP) is 0.257. The van der Waals surface area contributed by atoms with E-state index in [2.05, 4.69) is 5.32 Å². The van der Waals surface area contributed by atoms with Gasteiger partial charge in [0.25, 0.3) is 0 Å². The molecule has 0 aliphatic heterocycles. The van der Waals surface area contributed by atoms with E-state index in [0.717, 1.165) is 0 Å². The van der Waals surface area contributed by atoms with Crippen molar-refractivity contribution in [1.29, 1.82) is 0 Å². The lowest BCUT2D eigenvalue weighted by Gasteiger charge is -2.14. The highest BCUT2D eigenvalue weighted by Gasteiger charge is 2.27. The van der Waals surface area contributed by atoms with Crippen LogP contribution >= 0.6 is 11.8 Å². The Bertz CT molecular complexity index is 365. The first-order valence-corrected chi connectivity index (χ1v) is 6.36. The summed E-state index contributed by atoms with van der Waals surface area (Å²) in [6.45, 7) is -0.280. The number of carbonyl (C=O) groups excluding carboxylic acids is 2. The number of carbonyl (C=O) groups is 3. The smallest absolute Gasteiger partial charge is 0.441 e. The van der Waals surface area contributed by atoms with Crippen LogP contribution in [0, 0.1) is 0 Å². The average molecular weight is 317 g/mol. The van der Waals surface area contributed by atoms with Crippen LogP contribution in [-0.4, -0.2) is 46.9 Å². The summed E-state index contributed by atoms with van der Waals surface area (Å²) in [5.41, 5.74) is 0.456. The first-order valence-electron chi connectivity index (χ1n) is 5.38. The van der Waals surface area contributed by atoms with Crippen molar-refractivity contribution >= 4 is 29.7 Å². The molecule has 116 valence electrons. The highest BCUT2D eigenvalue weighted by atomic mass is 32.2. The Kier molecular flexibility index (Phi) is 7.80. The van der Waals surface area contributed by atoms with Gasteiger partial charge < -0.3 is 21.5 Å². The Balaban J connectivity index is 4.01. The Morgan fingerprint density at radius 1 is 1.30 bits per heavy atom. The minimum absolute atomic E-state index is 0.199. The number of hydrogen-bond donors (Lipinski definition) is 4. The molecule has 1 atom stereocenters. The van der Waals surface area contributed by atoms with Crippen molar-refractivity contribution in [1.82, 2.24) is 10.6 Å². The molecule has 20 heavy (non-hydrogen) atoms. The molecule has 3 amide bonds. The van der Waals surface area contributed by atoms with Gasteiger partial charge in [-0.2, -0.15) is 13.2 Å². The molecule has 0 fully saturated rings. The first kappa shape index (κ1) is 18.4. The predicted molar refractivity (Wildman–Crippen MR) is 64.9 cm³/mol. The van der Waals surface area contributed by atoms with Crippen molar-refractivity contribution in [2.24, 2.45) is 5.73 Å². The number of carboxylic acid groups (broad SMARTS) is 1. The SMILES string of the molecule is NC(=O)CC[C@H](NC(=O)NCCSC(F)(F)F)C(=O)O. The fourth-order valence-electron chi connectivity index (χ4n) is 1.08. The van der Waals surface area contributed by atoms with Crippen LogP contribution in [0.2, 0.25) is 0 Å². The monoisotopic (exact) mass is 317 g/mol. The van der Waals surface area contributed by atoms with E-state index in [9.17, 15) is 27.6 Å². The molecular formula is C9H14F3N3O4S. The number of aliphatic carboxylic acids is 1. The van der Waals surface area contributed by atoms with Gasteiger partial charge in [-0.25, -0.2) is 9.59 Å². The molecule has 0 aromatic rings. The molecule has 0 spiro atoms. The number of hydrogen-bond acceptors (Lipinski definition) is 4. The van der Waals surface area contributed by atoms with Crippen LogP contribution in [0.3, 0.4) is 0 Å². The van der Waals surface area contributed by atoms with E-state index in [0.29, 0.717) is 0 Å². The van der Waals surface area contributed by atoms with E-state index in [1.165, 1.54) is 0 Å². The molecule has 0 aliphatic carbocycles. The third-order valence-electron chi connectivity index (χ3n) is 1.94. The summed E-state index contributed by atoms with van der Waals surface area (Å²) >= 11 is -0.305. The summed E-state index contributed by atoms with van der Waals surface area (Å²) in [4.78, 5) is 32.5. The summed E-state index contributed by atoms with van der Waals surface area (Å²) < 4.78 is 35.4. The third-order valence-corrected chi connectivity index (χ3v) is 2.67. The largest absolute Gasteiger partial charge is 0.480 e. The Morgan fingerprint density at radius 3 is 2.35 bits per heavy atom. The number of primary amides is 1. The Morgan fingerprint density at radius 2 is 1.90 bits per heavy atom. The van der Waals surface area contributed by atoms with Gasteiger partial charge in [-0.05, 0) is 18.2 Å². The molecular weight excluding hydrogens is 303 g/mol. The van der Waals surface area contributed by atoms with Gasteiger partial charge in [0.2, 0.25) is 5.91 Å². The quantitative estimate of drug-likeness (QED) is 0.478. The maximum absolute atomic E-state index is 11.8. The van der Waals surface area contributed by atoms with Crippen LogP contribution in [-0.2, 0) is 9.59 Å². The van der Waals surface area contributed by atoms with Crippen LogP contribution in [0.1, 0.15) is 12.8 Å². The van der Waals surface area contributed by atoms with Crippen molar-refractivity contribution in [2.75, 3.05) is 12.3 Å². The lowest BCUT2D eigenvalue weighted by molar-refractivity contribution is -0.139. The Labute approximate surface area is 116 Å².